The molecular formula is C29H28FN3O5. The van der Waals surface area contributed by atoms with Crippen molar-refractivity contribution < 1.29 is 28.2 Å². The molecule has 196 valence electrons. The van der Waals surface area contributed by atoms with Crippen LogP contribution in [0.1, 0.15) is 40.4 Å². The topological polar surface area (TPSA) is 97.0 Å². The molecule has 38 heavy (non-hydrogen) atoms. The van der Waals surface area contributed by atoms with E-state index in [2.05, 4.69) is 10.6 Å². The summed E-state index contributed by atoms with van der Waals surface area (Å²) < 4.78 is 24.2. The van der Waals surface area contributed by atoms with E-state index in [-0.39, 0.29) is 24.2 Å². The fraction of sp³-hybridized carbons (Fsp3) is 0.276. The number of halogens is 1. The lowest BCUT2D eigenvalue weighted by Gasteiger charge is -2.24. The Hall–Kier alpha value is -4.40. The monoisotopic (exact) mass is 517 g/mol. The van der Waals surface area contributed by atoms with Gasteiger partial charge in [0.2, 0.25) is 5.91 Å². The van der Waals surface area contributed by atoms with Gasteiger partial charge in [-0.3, -0.25) is 14.5 Å². The number of benzene rings is 3. The van der Waals surface area contributed by atoms with Crippen molar-refractivity contribution in [3.8, 4) is 5.75 Å². The molecule has 0 bridgehead atoms. The summed E-state index contributed by atoms with van der Waals surface area (Å²) in [5.74, 6) is 0.159. The van der Waals surface area contributed by atoms with Crippen LogP contribution in [0.5, 0.6) is 5.75 Å². The first-order valence-corrected chi connectivity index (χ1v) is 12.5. The van der Waals surface area contributed by atoms with Crippen molar-refractivity contribution in [2.45, 2.75) is 31.5 Å². The van der Waals surface area contributed by atoms with Gasteiger partial charge in [-0.1, -0.05) is 24.3 Å². The van der Waals surface area contributed by atoms with Crippen molar-refractivity contribution in [2.75, 3.05) is 19.0 Å². The first kappa shape index (κ1) is 25.3. The van der Waals surface area contributed by atoms with Gasteiger partial charge in [0.15, 0.2) is 12.1 Å². The van der Waals surface area contributed by atoms with E-state index in [1.807, 2.05) is 0 Å². The number of hydrogen-bond donors (Lipinski definition) is 2. The number of anilines is 1. The highest BCUT2D eigenvalue weighted by Crippen LogP contribution is 2.35. The van der Waals surface area contributed by atoms with Crippen LogP contribution in [0.15, 0.2) is 72.8 Å². The average molecular weight is 518 g/mol. The lowest BCUT2D eigenvalue weighted by molar-refractivity contribution is -0.126. The third-order valence-corrected chi connectivity index (χ3v) is 6.73. The molecule has 9 heteroatoms. The number of carbonyl (C=O) groups excluding carboxylic acids is 3. The minimum atomic E-state index is -0.897. The van der Waals surface area contributed by atoms with Crippen LogP contribution < -0.4 is 15.4 Å². The van der Waals surface area contributed by atoms with E-state index in [0.29, 0.717) is 40.6 Å². The summed E-state index contributed by atoms with van der Waals surface area (Å²) in [4.78, 5) is 40.1. The van der Waals surface area contributed by atoms with Gasteiger partial charge in [-0.05, 0) is 78.4 Å². The normalized spacial score (nSPS) is 18.6. The van der Waals surface area contributed by atoms with Gasteiger partial charge >= 0.3 is 6.09 Å². The second-order valence-corrected chi connectivity index (χ2v) is 9.50. The van der Waals surface area contributed by atoms with Crippen LogP contribution in [0.3, 0.4) is 0 Å². The summed E-state index contributed by atoms with van der Waals surface area (Å²) in [7, 11) is 1.56. The summed E-state index contributed by atoms with van der Waals surface area (Å²) in [6.45, 7) is 0.657. The molecule has 1 saturated carbocycles. The van der Waals surface area contributed by atoms with Crippen LogP contribution >= 0.6 is 0 Å². The summed E-state index contributed by atoms with van der Waals surface area (Å²) in [6, 6.07) is 18.5. The minimum absolute atomic E-state index is 0.104. The molecule has 3 aromatic rings. The minimum Gasteiger partial charge on any atom is -0.497 e. The fourth-order valence-corrected chi connectivity index (χ4v) is 4.37. The smallest absolute Gasteiger partial charge is 0.411 e. The third kappa shape index (κ3) is 5.77. The molecule has 0 radical (unpaired) electrons. The Morgan fingerprint density at radius 3 is 2.32 bits per heavy atom. The molecule has 1 aliphatic heterocycles. The number of nitrogens with one attached hydrogen (secondary N) is 2. The Kier molecular flexibility index (Phi) is 7.26. The van der Waals surface area contributed by atoms with Crippen LogP contribution in [0.2, 0.25) is 0 Å². The number of carbonyl (C=O) groups is 3. The highest BCUT2D eigenvalue weighted by atomic mass is 19.1. The number of hydrogen-bond acceptors (Lipinski definition) is 5. The number of methoxy groups -OCH3 is 1. The standard InChI is InChI=1S/C29H28FN3O5/c1-37-24-14-8-21(9-15-24)27(34)32-23-12-6-20(7-13-23)26-25(28(35)31-16-18-2-3-18)33(29(36)38-26)17-19-4-10-22(30)11-5-19/h4-15,18,25-26H,2-3,16-17H2,1H3,(H,31,35)(H,32,34)/t25-,26+/m0/s1. The van der Waals surface area contributed by atoms with Crippen LogP contribution in [0, 0.1) is 11.7 Å². The molecule has 2 atom stereocenters. The molecule has 2 N–H and O–H groups in total. The number of ether oxygens (including phenoxy) is 2. The van der Waals surface area contributed by atoms with Crippen LogP contribution in [0.4, 0.5) is 14.9 Å². The molecule has 1 saturated heterocycles. The van der Waals surface area contributed by atoms with Crippen molar-refractivity contribution in [1.82, 2.24) is 10.2 Å². The van der Waals surface area contributed by atoms with Crippen molar-refractivity contribution in [2.24, 2.45) is 5.92 Å². The van der Waals surface area contributed by atoms with Crippen molar-refractivity contribution in [3.05, 3.63) is 95.3 Å². The summed E-state index contributed by atoms with van der Waals surface area (Å²) >= 11 is 0. The predicted octanol–water partition coefficient (Wildman–Crippen LogP) is 4.67. The molecule has 5 rings (SSSR count). The van der Waals surface area contributed by atoms with Gasteiger partial charge in [0.1, 0.15) is 11.6 Å². The van der Waals surface area contributed by atoms with Gasteiger partial charge in [-0.2, -0.15) is 0 Å². The van der Waals surface area contributed by atoms with Crippen LogP contribution in [0.25, 0.3) is 0 Å². The quantitative estimate of drug-likeness (QED) is 0.430. The van der Waals surface area contributed by atoms with E-state index in [0.717, 1.165) is 12.8 Å². The molecule has 3 aromatic carbocycles. The number of rotatable bonds is 9. The Bertz CT molecular complexity index is 1310. The molecule has 0 aromatic heterocycles. The van der Waals surface area contributed by atoms with Gasteiger partial charge in [0.05, 0.1) is 13.7 Å². The van der Waals surface area contributed by atoms with Crippen LogP contribution in [-0.4, -0.2) is 42.5 Å². The third-order valence-electron chi connectivity index (χ3n) is 6.73. The largest absolute Gasteiger partial charge is 0.497 e. The number of nitrogens with zero attached hydrogens (tertiary/aromatic N) is 1. The highest BCUT2D eigenvalue weighted by Gasteiger charge is 2.47. The van der Waals surface area contributed by atoms with E-state index in [1.165, 1.54) is 17.0 Å². The van der Waals surface area contributed by atoms with Crippen molar-refractivity contribution in [1.29, 1.82) is 0 Å². The predicted molar refractivity (Wildman–Crippen MR) is 138 cm³/mol. The molecule has 1 aliphatic carbocycles. The SMILES string of the molecule is COc1ccc(C(=O)Nc2ccc([C@H]3OC(=O)N(Cc4ccc(F)cc4)[C@@H]3C(=O)NCC3CC3)cc2)cc1. The summed E-state index contributed by atoms with van der Waals surface area (Å²) in [6.07, 6.45) is 0.691. The highest BCUT2D eigenvalue weighted by molar-refractivity contribution is 6.04. The molecule has 3 amide bonds. The lowest BCUT2D eigenvalue weighted by Crippen LogP contribution is -2.46. The van der Waals surface area contributed by atoms with Gasteiger partial charge < -0.3 is 20.1 Å². The molecule has 0 unspecified atom stereocenters. The van der Waals surface area contributed by atoms with Crippen molar-refractivity contribution in [3.63, 3.8) is 0 Å². The van der Waals surface area contributed by atoms with Gasteiger partial charge in [0.25, 0.3) is 5.91 Å². The zero-order chi connectivity index (χ0) is 26.6. The maximum Gasteiger partial charge on any atom is 0.411 e. The average Bonchev–Trinajstić information content (AvgIpc) is 3.71. The number of amides is 3. The van der Waals surface area contributed by atoms with Gasteiger partial charge in [-0.15, -0.1) is 0 Å². The van der Waals surface area contributed by atoms with Crippen molar-refractivity contribution >= 4 is 23.6 Å². The van der Waals surface area contributed by atoms with Crippen LogP contribution in [-0.2, 0) is 16.1 Å². The Morgan fingerprint density at radius 1 is 1.00 bits per heavy atom. The Morgan fingerprint density at radius 2 is 1.68 bits per heavy atom. The fourth-order valence-electron chi connectivity index (χ4n) is 4.37. The lowest BCUT2D eigenvalue weighted by atomic mass is 10.00. The first-order chi connectivity index (χ1) is 18.4. The second kappa shape index (κ2) is 10.9. The van der Waals surface area contributed by atoms with E-state index >= 15 is 0 Å². The maximum atomic E-state index is 13.4. The zero-order valence-electron chi connectivity index (χ0n) is 20.9. The molecular weight excluding hydrogens is 489 g/mol. The van der Waals surface area contributed by atoms with E-state index in [4.69, 9.17) is 9.47 Å². The Labute approximate surface area is 219 Å². The van der Waals surface area contributed by atoms with E-state index < -0.39 is 18.2 Å². The molecule has 8 nitrogen and oxygen atoms in total. The van der Waals surface area contributed by atoms with Gasteiger partial charge in [0, 0.05) is 17.8 Å². The Balaban J connectivity index is 1.32. The molecule has 2 aliphatic rings. The maximum absolute atomic E-state index is 13.4. The second-order valence-electron chi connectivity index (χ2n) is 9.50. The van der Waals surface area contributed by atoms with E-state index in [1.54, 1.807) is 67.8 Å². The van der Waals surface area contributed by atoms with E-state index in [9.17, 15) is 18.8 Å². The zero-order valence-corrected chi connectivity index (χ0v) is 20.9. The first-order valence-electron chi connectivity index (χ1n) is 12.5. The van der Waals surface area contributed by atoms with Gasteiger partial charge in [-0.25, -0.2) is 9.18 Å². The molecule has 1 heterocycles. The summed E-state index contributed by atoms with van der Waals surface area (Å²) in [5.41, 5.74) is 2.33. The summed E-state index contributed by atoms with van der Waals surface area (Å²) in [5, 5.41) is 5.79. The number of cyclic esters (lactones) is 1. The molecule has 0 spiro atoms. The molecule has 2 fully saturated rings.